The van der Waals surface area contributed by atoms with E-state index < -0.39 is 4.92 Å². The molecule has 3 rings (SSSR count). The van der Waals surface area contributed by atoms with Gasteiger partial charge in [0.1, 0.15) is 12.0 Å². The van der Waals surface area contributed by atoms with E-state index in [-0.39, 0.29) is 17.5 Å². The summed E-state index contributed by atoms with van der Waals surface area (Å²) in [5.41, 5.74) is 1.60. The molecule has 1 fully saturated rings. The maximum atomic E-state index is 12.3. The van der Waals surface area contributed by atoms with E-state index in [1.165, 1.54) is 6.20 Å². The predicted octanol–water partition coefficient (Wildman–Crippen LogP) is 2.23. The van der Waals surface area contributed by atoms with Crippen LogP contribution in [0.3, 0.4) is 0 Å². The molecule has 1 N–H and O–H groups in total. The predicted molar refractivity (Wildman–Crippen MR) is 96.6 cm³/mol. The second kappa shape index (κ2) is 7.90. The molecule has 0 aliphatic carbocycles. The summed E-state index contributed by atoms with van der Waals surface area (Å²) in [6, 6.07) is 5.51. The summed E-state index contributed by atoms with van der Waals surface area (Å²) in [4.78, 5) is 33.1. The number of carbonyl (C=O) groups excluding carboxylic acids is 1. The molecule has 1 aliphatic rings. The maximum absolute atomic E-state index is 12.3. The molecule has 0 unspecified atom stereocenters. The van der Waals surface area contributed by atoms with Gasteiger partial charge in [-0.3, -0.25) is 19.9 Å². The number of nitrogens with zero attached hydrogens (tertiary/aromatic N) is 4. The summed E-state index contributed by atoms with van der Waals surface area (Å²) in [5, 5.41) is 13.9. The minimum Gasteiger partial charge on any atom is -0.357 e. The minimum absolute atomic E-state index is 0.0259. The van der Waals surface area contributed by atoms with Crippen LogP contribution in [0.15, 0.2) is 36.8 Å². The number of pyridine rings is 2. The molecule has 0 atom stereocenters. The van der Waals surface area contributed by atoms with Gasteiger partial charge >= 0.3 is 0 Å². The number of carbonyl (C=O) groups is 1. The first-order chi connectivity index (χ1) is 12.5. The molecule has 0 spiro atoms. The Morgan fingerprint density at radius 1 is 1.38 bits per heavy atom. The number of amides is 1. The second-order valence-corrected chi connectivity index (χ2v) is 6.43. The van der Waals surface area contributed by atoms with E-state index >= 15 is 0 Å². The second-order valence-electron chi connectivity index (χ2n) is 6.43. The lowest BCUT2D eigenvalue weighted by molar-refractivity contribution is -0.385. The summed E-state index contributed by atoms with van der Waals surface area (Å²) >= 11 is 0. The summed E-state index contributed by atoms with van der Waals surface area (Å²) in [7, 11) is 0. The largest absolute Gasteiger partial charge is 0.357 e. The minimum atomic E-state index is -0.426. The average Bonchev–Trinajstić information content (AvgIpc) is 2.66. The number of anilines is 1. The third-order valence-corrected chi connectivity index (χ3v) is 4.64. The van der Waals surface area contributed by atoms with Crippen LogP contribution in [0.1, 0.15) is 24.0 Å². The molecule has 1 saturated heterocycles. The van der Waals surface area contributed by atoms with Gasteiger partial charge in [0, 0.05) is 43.5 Å². The van der Waals surface area contributed by atoms with Crippen LogP contribution in [0.25, 0.3) is 0 Å². The van der Waals surface area contributed by atoms with E-state index in [0.29, 0.717) is 25.2 Å². The molecule has 2 aromatic heterocycles. The summed E-state index contributed by atoms with van der Waals surface area (Å²) in [6.07, 6.45) is 6.21. The summed E-state index contributed by atoms with van der Waals surface area (Å²) in [6.45, 7) is 3.60. The van der Waals surface area contributed by atoms with Gasteiger partial charge in [-0.1, -0.05) is 6.07 Å². The number of hydrogen-bond acceptors (Lipinski definition) is 6. The first kappa shape index (κ1) is 17.8. The molecule has 0 radical (unpaired) electrons. The third kappa shape index (κ3) is 4.14. The standard InChI is InChI=1S/C18H21N5O3/c1-13-9-17(20-12-16(13)23(25)26)22-7-4-15(5-8-22)18(24)21-11-14-3-2-6-19-10-14/h2-3,6,9-10,12,15H,4-5,7-8,11H2,1H3,(H,21,24). The van der Waals surface area contributed by atoms with Crippen molar-refractivity contribution in [3.63, 3.8) is 0 Å². The topological polar surface area (TPSA) is 101 Å². The highest BCUT2D eigenvalue weighted by molar-refractivity contribution is 5.79. The quantitative estimate of drug-likeness (QED) is 0.652. The molecular formula is C18H21N5O3. The Kier molecular flexibility index (Phi) is 5.40. The van der Waals surface area contributed by atoms with Crippen LogP contribution < -0.4 is 10.2 Å². The van der Waals surface area contributed by atoms with Gasteiger partial charge in [-0.25, -0.2) is 4.98 Å². The van der Waals surface area contributed by atoms with E-state index in [1.54, 1.807) is 25.4 Å². The van der Waals surface area contributed by atoms with Crippen LogP contribution in [0.5, 0.6) is 0 Å². The molecule has 8 heteroatoms. The fourth-order valence-corrected chi connectivity index (χ4v) is 3.11. The number of nitrogens with one attached hydrogen (secondary N) is 1. The third-order valence-electron chi connectivity index (χ3n) is 4.64. The molecule has 0 aromatic carbocycles. The smallest absolute Gasteiger partial charge is 0.290 e. The zero-order chi connectivity index (χ0) is 18.5. The van der Waals surface area contributed by atoms with Gasteiger partial charge in [-0.2, -0.15) is 0 Å². The fourth-order valence-electron chi connectivity index (χ4n) is 3.11. The maximum Gasteiger partial charge on any atom is 0.290 e. The lowest BCUT2D eigenvalue weighted by atomic mass is 9.95. The van der Waals surface area contributed by atoms with E-state index in [0.717, 1.165) is 24.2 Å². The number of nitro groups is 1. The zero-order valence-corrected chi connectivity index (χ0v) is 14.6. The first-order valence-corrected chi connectivity index (χ1v) is 8.57. The van der Waals surface area contributed by atoms with Crippen molar-refractivity contribution in [3.8, 4) is 0 Å². The Morgan fingerprint density at radius 3 is 2.77 bits per heavy atom. The average molecular weight is 355 g/mol. The summed E-state index contributed by atoms with van der Waals surface area (Å²) in [5.74, 6) is 0.755. The van der Waals surface area contributed by atoms with E-state index in [2.05, 4.69) is 20.2 Å². The number of aromatic nitrogens is 2. The Morgan fingerprint density at radius 2 is 2.15 bits per heavy atom. The lowest BCUT2D eigenvalue weighted by Gasteiger charge is -2.32. The van der Waals surface area contributed by atoms with E-state index in [1.807, 2.05) is 12.1 Å². The highest BCUT2D eigenvalue weighted by Crippen LogP contribution is 2.25. The number of piperidine rings is 1. The molecule has 26 heavy (non-hydrogen) atoms. The van der Waals surface area contributed by atoms with Crippen LogP contribution in [0.2, 0.25) is 0 Å². The van der Waals surface area contributed by atoms with Crippen molar-refractivity contribution in [1.29, 1.82) is 0 Å². The van der Waals surface area contributed by atoms with Crippen LogP contribution in [-0.2, 0) is 11.3 Å². The van der Waals surface area contributed by atoms with Crippen LogP contribution in [0, 0.1) is 23.0 Å². The van der Waals surface area contributed by atoms with Gasteiger partial charge in [-0.15, -0.1) is 0 Å². The molecule has 0 saturated carbocycles. The zero-order valence-electron chi connectivity index (χ0n) is 14.6. The Hall–Kier alpha value is -3.03. The van der Waals surface area contributed by atoms with Crippen molar-refractivity contribution in [2.24, 2.45) is 5.92 Å². The number of hydrogen-bond donors (Lipinski definition) is 1. The molecule has 1 aliphatic heterocycles. The molecule has 136 valence electrons. The van der Waals surface area contributed by atoms with Gasteiger partial charge in [0.2, 0.25) is 5.91 Å². The van der Waals surface area contributed by atoms with Gasteiger partial charge in [0.05, 0.1) is 4.92 Å². The SMILES string of the molecule is Cc1cc(N2CCC(C(=O)NCc3cccnc3)CC2)ncc1[N+](=O)[O-]. The Bertz CT molecular complexity index is 789. The van der Waals surface area contributed by atoms with Gasteiger partial charge in [0.25, 0.3) is 5.69 Å². The highest BCUT2D eigenvalue weighted by Gasteiger charge is 2.26. The van der Waals surface area contributed by atoms with Gasteiger partial charge < -0.3 is 10.2 Å². The molecule has 3 heterocycles. The van der Waals surface area contributed by atoms with Crippen molar-refractivity contribution in [2.45, 2.75) is 26.3 Å². The van der Waals surface area contributed by atoms with Gasteiger partial charge in [0.15, 0.2) is 0 Å². The monoisotopic (exact) mass is 355 g/mol. The van der Waals surface area contributed by atoms with Gasteiger partial charge in [-0.05, 0) is 37.5 Å². The summed E-state index contributed by atoms with van der Waals surface area (Å²) < 4.78 is 0. The number of aryl methyl sites for hydroxylation is 1. The van der Waals surface area contributed by atoms with E-state index in [9.17, 15) is 14.9 Å². The highest BCUT2D eigenvalue weighted by atomic mass is 16.6. The van der Waals surface area contributed by atoms with Crippen molar-refractivity contribution >= 4 is 17.4 Å². The number of rotatable bonds is 5. The first-order valence-electron chi connectivity index (χ1n) is 8.57. The van der Waals surface area contributed by atoms with E-state index in [4.69, 9.17) is 0 Å². The molecule has 8 nitrogen and oxygen atoms in total. The van der Waals surface area contributed by atoms with Crippen molar-refractivity contribution < 1.29 is 9.72 Å². The fraction of sp³-hybridized carbons (Fsp3) is 0.389. The van der Waals surface area contributed by atoms with Crippen LogP contribution in [-0.4, -0.2) is 33.9 Å². The van der Waals surface area contributed by atoms with Crippen LogP contribution >= 0.6 is 0 Å². The molecule has 1 amide bonds. The Balaban J connectivity index is 1.53. The van der Waals surface area contributed by atoms with Crippen molar-refractivity contribution in [1.82, 2.24) is 15.3 Å². The molecule has 2 aromatic rings. The lowest BCUT2D eigenvalue weighted by Crippen LogP contribution is -2.40. The van der Waals surface area contributed by atoms with Crippen molar-refractivity contribution in [3.05, 3.63) is 58.0 Å². The molecule has 0 bridgehead atoms. The Labute approximate surface area is 151 Å². The molecular weight excluding hydrogens is 334 g/mol. The van der Waals surface area contributed by atoms with Crippen LogP contribution in [0.4, 0.5) is 11.5 Å². The van der Waals surface area contributed by atoms with Crippen molar-refractivity contribution in [2.75, 3.05) is 18.0 Å². The normalized spacial score (nSPS) is 14.9.